The highest BCUT2D eigenvalue weighted by Gasteiger charge is 2.30. The maximum absolute atomic E-state index is 12.9. The molecule has 1 atom stereocenters. The Kier molecular flexibility index (Phi) is 5.34. The number of benzene rings is 1. The van der Waals surface area contributed by atoms with Crippen LogP contribution in [0, 0.1) is 5.92 Å². The van der Waals surface area contributed by atoms with Crippen LogP contribution in [0.4, 0.5) is 0 Å². The molecule has 4 nitrogen and oxygen atoms in total. The third-order valence-corrected chi connectivity index (χ3v) is 4.80. The molecule has 24 heavy (non-hydrogen) atoms. The second-order valence-corrected chi connectivity index (χ2v) is 6.78. The fourth-order valence-corrected chi connectivity index (χ4v) is 3.16. The summed E-state index contributed by atoms with van der Waals surface area (Å²) in [4.78, 5) is 27.0. The van der Waals surface area contributed by atoms with Gasteiger partial charge in [0.05, 0.1) is 0 Å². The number of hydrogen-bond donors (Lipinski definition) is 0. The summed E-state index contributed by atoms with van der Waals surface area (Å²) in [5, 5.41) is 0. The third kappa shape index (κ3) is 4.25. The predicted octanol–water partition coefficient (Wildman–Crippen LogP) is 3.64. The number of nitrogens with zero attached hydrogens (tertiary/aromatic N) is 1. The van der Waals surface area contributed by atoms with E-state index in [9.17, 15) is 9.59 Å². The van der Waals surface area contributed by atoms with Crippen LogP contribution in [-0.4, -0.2) is 29.9 Å². The van der Waals surface area contributed by atoms with Crippen LogP contribution in [0.5, 0.6) is 0 Å². The number of allylic oxidation sites excluding steroid dienone is 1. The summed E-state index contributed by atoms with van der Waals surface area (Å²) in [6, 6.07) is 9.31. The van der Waals surface area contributed by atoms with E-state index in [2.05, 4.69) is 0 Å². The molecule has 1 amide bonds. The van der Waals surface area contributed by atoms with Gasteiger partial charge in [-0.25, -0.2) is 4.79 Å². The van der Waals surface area contributed by atoms with E-state index in [0.717, 1.165) is 56.3 Å². The van der Waals surface area contributed by atoms with Crippen molar-refractivity contribution in [2.24, 2.45) is 5.92 Å². The van der Waals surface area contributed by atoms with Crippen LogP contribution < -0.4 is 0 Å². The Morgan fingerprint density at radius 1 is 1.12 bits per heavy atom. The zero-order valence-electron chi connectivity index (χ0n) is 14.2. The van der Waals surface area contributed by atoms with Crippen LogP contribution in [0.1, 0.15) is 50.7 Å². The number of carbonyl (C=O) groups is 2. The quantitative estimate of drug-likeness (QED) is 0.613. The van der Waals surface area contributed by atoms with E-state index in [1.165, 1.54) is 0 Å². The molecule has 0 bridgehead atoms. The first-order chi connectivity index (χ1) is 11.6. The first-order valence-electron chi connectivity index (χ1n) is 8.87. The molecule has 1 aromatic rings. The molecule has 128 valence electrons. The number of amides is 1. The van der Waals surface area contributed by atoms with Gasteiger partial charge in [-0.3, -0.25) is 4.79 Å². The summed E-state index contributed by atoms with van der Waals surface area (Å²) in [6.45, 7) is 3.45. The fraction of sp³-hybridized carbons (Fsp3) is 0.500. The zero-order chi connectivity index (χ0) is 16.9. The van der Waals surface area contributed by atoms with Gasteiger partial charge in [-0.1, -0.05) is 35.9 Å². The topological polar surface area (TPSA) is 46.6 Å². The normalized spacial score (nSPS) is 19.7. The standard InChI is InChI=1S/C20H25NO3/c1-15(16-10-11-16)14-18(22)24-19(17-8-4-2-5-9-17)20(23)21-12-6-3-7-13-21/h2,4-5,8-9,14,16,19H,3,6-7,10-13H2,1H3. The van der Waals surface area contributed by atoms with Crippen LogP contribution in [-0.2, 0) is 14.3 Å². The smallest absolute Gasteiger partial charge is 0.331 e. The average molecular weight is 327 g/mol. The van der Waals surface area contributed by atoms with Crippen molar-refractivity contribution >= 4 is 11.9 Å². The Balaban J connectivity index is 1.75. The Labute approximate surface area is 143 Å². The van der Waals surface area contributed by atoms with Crippen molar-refractivity contribution < 1.29 is 14.3 Å². The van der Waals surface area contributed by atoms with E-state index < -0.39 is 12.1 Å². The second-order valence-electron chi connectivity index (χ2n) is 6.78. The highest BCUT2D eigenvalue weighted by molar-refractivity contribution is 5.89. The zero-order valence-corrected chi connectivity index (χ0v) is 14.2. The second kappa shape index (κ2) is 7.65. The average Bonchev–Trinajstić information content (AvgIpc) is 3.46. The minimum Gasteiger partial charge on any atom is -0.444 e. The molecule has 0 N–H and O–H groups in total. The molecule has 1 unspecified atom stereocenters. The lowest BCUT2D eigenvalue weighted by molar-refractivity contribution is -0.157. The van der Waals surface area contributed by atoms with Gasteiger partial charge in [0.2, 0.25) is 6.10 Å². The van der Waals surface area contributed by atoms with Gasteiger partial charge in [-0.2, -0.15) is 0 Å². The lowest BCUT2D eigenvalue weighted by atomic mass is 10.1. The van der Waals surface area contributed by atoms with E-state index >= 15 is 0 Å². The summed E-state index contributed by atoms with van der Waals surface area (Å²) in [5.74, 6) is -0.00383. The van der Waals surface area contributed by atoms with Gasteiger partial charge in [0.15, 0.2) is 0 Å². The van der Waals surface area contributed by atoms with Crippen molar-refractivity contribution in [3.05, 3.63) is 47.5 Å². The van der Waals surface area contributed by atoms with Gasteiger partial charge in [-0.15, -0.1) is 0 Å². The van der Waals surface area contributed by atoms with E-state index in [1.807, 2.05) is 42.2 Å². The van der Waals surface area contributed by atoms with Gasteiger partial charge in [0, 0.05) is 24.7 Å². The molecule has 2 fully saturated rings. The number of likely N-dealkylation sites (tertiary alicyclic amines) is 1. The van der Waals surface area contributed by atoms with Crippen molar-refractivity contribution in [2.75, 3.05) is 13.1 Å². The number of carbonyl (C=O) groups excluding carboxylic acids is 2. The van der Waals surface area contributed by atoms with Crippen molar-refractivity contribution in [1.82, 2.24) is 4.90 Å². The molecule has 1 aliphatic carbocycles. The highest BCUT2D eigenvalue weighted by Crippen LogP contribution is 2.36. The van der Waals surface area contributed by atoms with Crippen LogP contribution in [0.2, 0.25) is 0 Å². The molecule has 1 saturated carbocycles. The van der Waals surface area contributed by atoms with Crippen LogP contribution in [0.3, 0.4) is 0 Å². The largest absolute Gasteiger partial charge is 0.444 e. The lowest BCUT2D eigenvalue weighted by Crippen LogP contribution is -2.40. The van der Waals surface area contributed by atoms with E-state index in [0.29, 0.717) is 5.92 Å². The maximum atomic E-state index is 12.9. The molecular weight excluding hydrogens is 302 g/mol. The SMILES string of the molecule is CC(=CC(=O)OC(C(=O)N1CCCCC1)c1ccccc1)C1CC1. The monoisotopic (exact) mass is 327 g/mol. The molecule has 1 heterocycles. The molecule has 0 aromatic heterocycles. The third-order valence-electron chi connectivity index (χ3n) is 4.80. The van der Waals surface area contributed by atoms with E-state index in [-0.39, 0.29) is 5.91 Å². The minimum absolute atomic E-state index is 0.105. The van der Waals surface area contributed by atoms with Gasteiger partial charge >= 0.3 is 5.97 Å². The number of esters is 1. The molecular formula is C20H25NO3. The summed E-state index contributed by atoms with van der Waals surface area (Å²) >= 11 is 0. The molecule has 1 aliphatic heterocycles. The summed E-state index contributed by atoms with van der Waals surface area (Å²) in [7, 11) is 0. The van der Waals surface area contributed by atoms with E-state index in [4.69, 9.17) is 4.74 Å². The number of ether oxygens (including phenoxy) is 1. The van der Waals surface area contributed by atoms with Crippen molar-refractivity contribution in [3.63, 3.8) is 0 Å². The van der Waals surface area contributed by atoms with Gasteiger partial charge < -0.3 is 9.64 Å². The number of hydrogen-bond acceptors (Lipinski definition) is 3. The van der Waals surface area contributed by atoms with Crippen molar-refractivity contribution in [3.8, 4) is 0 Å². The van der Waals surface area contributed by atoms with Crippen molar-refractivity contribution in [2.45, 2.75) is 45.1 Å². The van der Waals surface area contributed by atoms with Crippen LogP contribution in [0.15, 0.2) is 42.0 Å². The summed E-state index contributed by atoms with van der Waals surface area (Å²) in [6.07, 6.45) is 6.18. The Bertz CT molecular complexity index is 613. The van der Waals surface area contributed by atoms with Crippen LogP contribution >= 0.6 is 0 Å². The first kappa shape index (κ1) is 16.7. The van der Waals surface area contributed by atoms with Gasteiger partial charge in [0.25, 0.3) is 5.91 Å². The Morgan fingerprint density at radius 2 is 1.79 bits per heavy atom. The summed E-state index contributed by atoms with van der Waals surface area (Å²) < 4.78 is 5.59. The summed E-state index contributed by atoms with van der Waals surface area (Å²) in [5.41, 5.74) is 1.79. The predicted molar refractivity (Wildman–Crippen MR) is 92.2 cm³/mol. The fourth-order valence-electron chi connectivity index (χ4n) is 3.16. The Morgan fingerprint density at radius 3 is 2.42 bits per heavy atom. The first-order valence-corrected chi connectivity index (χ1v) is 8.87. The maximum Gasteiger partial charge on any atom is 0.331 e. The highest BCUT2D eigenvalue weighted by atomic mass is 16.5. The van der Waals surface area contributed by atoms with Crippen LogP contribution in [0.25, 0.3) is 0 Å². The molecule has 3 rings (SSSR count). The van der Waals surface area contributed by atoms with E-state index in [1.54, 1.807) is 6.08 Å². The Hall–Kier alpha value is -2.10. The number of piperidine rings is 1. The molecule has 1 saturated heterocycles. The van der Waals surface area contributed by atoms with Gasteiger partial charge in [-0.05, 0) is 44.9 Å². The number of rotatable bonds is 5. The molecule has 0 radical (unpaired) electrons. The molecule has 4 heteroatoms. The lowest BCUT2D eigenvalue weighted by Gasteiger charge is -2.30. The minimum atomic E-state index is -0.847. The van der Waals surface area contributed by atoms with Crippen molar-refractivity contribution in [1.29, 1.82) is 0 Å². The van der Waals surface area contributed by atoms with Gasteiger partial charge in [0.1, 0.15) is 0 Å². The molecule has 1 aromatic carbocycles. The molecule has 0 spiro atoms. The molecule has 2 aliphatic rings.